The average molecular weight is 307 g/mol. The number of likely N-dealkylation sites (tertiary alicyclic amines) is 1. The van der Waals surface area contributed by atoms with Crippen LogP contribution in [0.2, 0.25) is 0 Å². The molecule has 2 atom stereocenters. The molecule has 3 heterocycles. The molecular formula is C16H25N3OS. The minimum absolute atomic E-state index is 0.0517. The number of hydrogen-bond donors (Lipinski definition) is 1. The molecule has 4 nitrogen and oxygen atoms in total. The zero-order chi connectivity index (χ0) is 15.0. The third-order valence-electron chi connectivity index (χ3n) is 5.04. The first-order valence-electron chi connectivity index (χ1n) is 7.87. The Morgan fingerprint density at radius 3 is 2.71 bits per heavy atom. The number of carbonyl (C=O) groups is 1. The van der Waals surface area contributed by atoms with Crippen molar-refractivity contribution < 1.29 is 4.79 Å². The maximum absolute atomic E-state index is 13.0. The van der Waals surface area contributed by atoms with E-state index in [1.807, 2.05) is 6.92 Å². The maximum Gasteiger partial charge on any atom is 0.244 e. The molecular weight excluding hydrogens is 282 g/mol. The highest BCUT2D eigenvalue weighted by Crippen LogP contribution is 2.38. The van der Waals surface area contributed by atoms with Crippen molar-refractivity contribution in [3.8, 4) is 0 Å². The van der Waals surface area contributed by atoms with Crippen molar-refractivity contribution in [2.75, 3.05) is 20.1 Å². The number of nitrogens with zero attached hydrogens (tertiary/aromatic N) is 2. The summed E-state index contributed by atoms with van der Waals surface area (Å²) in [7, 11) is 2.16. The van der Waals surface area contributed by atoms with Crippen LogP contribution >= 0.6 is 11.3 Å². The van der Waals surface area contributed by atoms with Gasteiger partial charge in [-0.15, -0.1) is 11.3 Å². The lowest BCUT2D eigenvalue weighted by Crippen LogP contribution is -2.48. The minimum atomic E-state index is -0.419. The van der Waals surface area contributed by atoms with Crippen molar-refractivity contribution in [1.29, 1.82) is 0 Å². The monoisotopic (exact) mass is 307 g/mol. The first-order valence-corrected chi connectivity index (χ1v) is 8.75. The third-order valence-corrected chi connectivity index (χ3v) is 5.97. The molecule has 5 heteroatoms. The predicted octanol–water partition coefficient (Wildman–Crippen LogP) is 2.44. The Labute approximate surface area is 131 Å². The van der Waals surface area contributed by atoms with Gasteiger partial charge in [0.1, 0.15) is 6.17 Å². The zero-order valence-corrected chi connectivity index (χ0v) is 13.9. The Morgan fingerprint density at radius 2 is 2.14 bits per heavy atom. The van der Waals surface area contributed by atoms with Gasteiger partial charge in [0, 0.05) is 10.9 Å². The molecule has 0 spiro atoms. The van der Waals surface area contributed by atoms with Gasteiger partial charge in [0.25, 0.3) is 0 Å². The van der Waals surface area contributed by atoms with Crippen LogP contribution in [0.15, 0.2) is 17.5 Å². The lowest BCUT2D eigenvalue weighted by atomic mass is 9.97. The van der Waals surface area contributed by atoms with Gasteiger partial charge >= 0.3 is 0 Å². The van der Waals surface area contributed by atoms with Crippen LogP contribution in [-0.4, -0.2) is 47.4 Å². The largest absolute Gasteiger partial charge is 0.317 e. The van der Waals surface area contributed by atoms with E-state index < -0.39 is 5.54 Å². The molecule has 2 aliphatic heterocycles. The number of thiophene rings is 1. The lowest BCUT2D eigenvalue weighted by Gasteiger charge is -2.37. The summed E-state index contributed by atoms with van der Waals surface area (Å²) in [6, 6.07) is 4.57. The van der Waals surface area contributed by atoms with Crippen LogP contribution in [0.25, 0.3) is 0 Å². The molecule has 2 saturated heterocycles. The molecule has 2 fully saturated rings. The highest BCUT2D eigenvalue weighted by Gasteiger charge is 2.50. The number of carbonyl (C=O) groups excluding carboxylic acids is 1. The third kappa shape index (κ3) is 2.62. The number of hydrogen-bond acceptors (Lipinski definition) is 4. The van der Waals surface area contributed by atoms with Gasteiger partial charge in [-0.2, -0.15) is 0 Å². The molecule has 0 radical (unpaired) electrons. The number of nitrogens with one attached hydrogen (secondary N) is 1. The second-order valence-electron chi connectivity index (χ2n) is 6.49. The Morgan fingerprint density at radius 1 is 1.43 bits per heavy atom. The first-order chi connectivity index (χ1) is 10.0. The number of amides is 1. The van der Waals surface area contributed by atoms with Crippen LogP contribution in [0, 0.1) is 0 Å². The molecule has 1 amide bonds. The van der Waals surface area contributed by atoms with E-state index in [2.05, 4.69) is 46.6 Å². The van der Waals surface area contributed by atoms with E-state index in [1.54, 1.807) is 11.3 Å². The van der Waals surface area contributed by atoms with Crippen molar-refractivity contribution >= 4 is 17.2 Å². The van der Waals surface area contributed by atoms with E-state index in [0.717, 1.165) is 32.4 Å². The summed E-state index contributed by atoms with van der Waals surface area (Å²) >= 11 is 1.73. The molecule has 1 aromatic rings. The van der Waals surface area contributed by atoms with Crippen molar-refractivity contribution in [2.24, 2.45) is 0 Å². The van der Waals surface area contributed by atoms with Gasteiger partial charge in [-0.1, -0.05) is 13.0 Å². The lowest BCUT2D eigenvalue weighted by molar-refractivity contribution is -0.136. The van der Waals surface area contributed by atoms with Crippen molar-refractivity contribution in [3.05, 3.63) is 22.4 Å². The molecule has 0 aromatic carbocycles. The fourth-order valence-electron chi connectivity index (χ4n) is 3.39. The quantitative estimate of drug-likeness (QED) is 0.931. The van der Waals surface area contributed by atoms with E-state index in [1.165, 1.54) is 4.88 Å². The first kappa shape index (κ1) is 15.0. The summed E-state index contributed by atoms with van der Waals surface area (Å²) in [6.45, 7) is 6.29. The molecule has 0 bridgehead atoms. The maximum atomic E-state index is 13.0. The van der Waals surface area contributed by atoms with Crippen LogP contribution in [0.5, 0.6) is 0 Å². The number of rotatable bonds is 3. The topological polar surface area (TPSA) is 35.6 Å². The zero-order valence-electron chi connectivity index (χ0n) is 13.1. The highest BCUT2D eigenvalue weighted by atomic mass is 32.1. The van der Waals surface area contributed by atoms with Crippen molar-refractivity contribution in [1.82, 2.24) is 15.1 Å². The molecule has 2 aliphatic rings. The summed E-state index contributed by atoms with van der Waals surface area (Å²) in [6.07, 6.45) is 3.03. The normalized spacial score (nSPS) is 32.0. The van der Waals surface area contributed by atoms with Gasteiger partial charge in [0.05, 0.1) is 5.54 Å². The van der Waals surface area contributed by atoms with E-state index >= 15 is 0 Å². The standard InChI is InChI=1S/C16H25N3OS/c1-4-16(2)15(20)19(12-7-9-18(3)10-8-12)14(17-16)13-6-5-11-21-13/h5-6,11-12,14,17H,4,7-10H2,1-3H3. The van der Waals surface area contributed by atoms with Gasteiger partial charge in [-0.05, 0) is 57.8 Å². The smallest absolute Gasteiger partial charge is 0.244 e. The SMILES string of the molecule is CCC1(C)NC(c2cccs2)N(C2CCN(C)CC2)C1=O. The van der Waals surface area contributed by atoms with E-state index in [0.29, 0.717) is 6.04 Å². The number of piperidine rings is 1. The molecule has 21 heavy (non-hydrogen) atoms. The van der Waals surface area contributed by atoms with Gasteiger partial charge < -0.3 is 9.80 Å². The van der Waals surface area contributed by atoms with Gasteiger partial charge in [-0.25, -0.2) is 0 Å². The molecule has 1 aromatic heterocycles. The van der Waals surface area contributed by atoms with E-state index in [9.17, 15) is 4.79 Å². The molecule has 1 N–H and O–H groups in total. The predicted molar refractivity (Wildman–Crippen MR) is 86.3 cm³/mol. The average Bonchev–Trinajstić information content (AvgIpc) is 3.09. The second kappa shape index (κ2) is 5.71. The Hall–Kier alpha value is -0.910. The summed E-state index contributed by atoms with van der Waals surface area (Å²) in [5, 5.41) is 5.69. The van der Waals surface area contributed by atoms with Crippen LogP contribution in [0.4, 0.5) is 0 Å². The summed E-state index contributed by atoms with van der Waals surface area (Å²) in [5.41, 5.74) is -0.419. The molecule has 116 valence electrons. The fraction of sp³-hybridized carbons (Fsp3) is 0.688. The fourth-order valence-corrected chi connectivity index (χ4v) is 4.17. The summed E-state index contributed by atoms with van der Waals surface area (Å²) < 4.78 is 0. The highest BCUT2D eigenvalue weighted by molar-refractivity contribution is 7.10. The van der Waals surface area contributed by atoms with Crippen molar-refractivity contribution in [3.63, 3.8) is 0 Å². The molecule has 0 saturated carbocycles. The minimum Gasteiger partial charge on any atom is -0.317 e. The molecule has 3 rings (SSSR count). The Kier molecular flexibility index (Phi) is 4.08. The Bertz CT molecular complexity index is 496. The van der Waals surface area contributed by atoms with Crippen LogP contribution in [0.3, 0.4) is 0 Å². The van der Waals surface area contributed by atoms with E-state index in [-0.39, 0.29) is 12.1 Å². The van der Waals surface area contributed by atoms with Gasteiger partial charge in [0.2, 0.25) is 5.91 Å². The van der Waals surface area contributed by atoms with Crippen molar-refractivity contribution in [2.45, 2.75) is 50.9 Å². The molecule has 2 unspecified atom stereocenters. The van der Waals surface area contributed by atoms with Gasteiger partial charge in [0.15, 0.2) is 0 Å². The summed E-state index contributed by atoms with van der Waals surface area (Å²) in [4.78, 5) is 18.7. The second-order valence-corrected chi connectivity index (χ2v) is 7.47. The Balaban J connectivity index is 1.88. The van der Waals surface area contributed by atoms with Crippen LogP contribution in [-0.2, 0) is 4.79 Å². The van der Waals surface area contributed by atoms with E-state index in [4.69, 9.17) is 0 Å². The van der Waals surface area contributed by atoms with Gasteiger partial charge in [-0.3, -0.25) is 10.1 Å². The van der Waals surface area contributed by atoms with Crippen LogP contribution < -0.4 is 5.32 Å². The van der Waals surface area contributed by atoms with Crippen LogP contribution in [0.1, 0.15) is 44.2 Å². The summed E-state index contributed by atoms with van der Waals surface area (Å²) in [5.74, 6) is 0.276. The molecule has 0 aliphatic carbocycles.